The number of nitrogens with zero attached hydrogens (tertiary/aromatic N) is 6. The van der Waals surface area contributed by atoms with Gasteiger partial charge in [-0.25, -0.2) is 4.39 Å². The molecule has 5 rings (SSSR count). The molecule has 2 saturated heterocycles. The molecule has 10 nitrogen and oxygen atoms in total. The lowest BCUT2D eigenvalue weighted by Gasteiger charge is -2.35. The van der Waals surface area contributed by atoms with E-state index >= 15 is 4.39 Å². The highest BCUT2D eigenvalue weighted by Crippen LogP contribution is 2.35. The highest BCUT2D eigenvalue weighted by atomic mass is 19.4. The summed E-state index contributed by atoms with van der Waals surface area (Å²) >= 11 is 0. The first-order valence-corrected chi connectivity index (χ1v) is 14.0. The van der Waals surface area contributed by atoms with Gasteiger partial charge in [0.05, 0.1) is 4.92 Å². The molecule has 14 heteroatoms. The Hall–Kier alpha value is -4.33. The van der Waals surface area contributed by atoms with Crippen LogP contribution in [0.5, 0.6) is 11.6 Å². The second-order valence-electron chi connectivity index (χ2n) is 10.5. The summed E-state index contributed by atoms with van der Waals surface area (Å²) in [5, 5.41) is 18.5. The number of nitro benzene ring substituents is 1. The van der Waals surface area contributed by atoms with Gasteiger partial charge < -0.3 is 19.4 Å². The molecule has 228 valence electrons. The average Bonchev–Trinajstić information content (AvgIpc) is 3.00. The van der Waals surface area contributed by atoms with E-state index in [2.05, 4.69) is 15.1 Å². The van der Waals surface area contributed by atoms with Crippen LogP contribution >= 0.6 is 0 Å². The van der Waals surface area contributed by atoms with Crippen molar-refractivity contribution < 1.29 is 32.0 Å². The zero-order valence-electron chi connectivity index (χ0n) is 23.4. The Kier molecular flexibility index (Phi) is 8.76. The first-order chi connectivity index (χ1) is 20.5. The molecular formula is C29H30F4N6O4. The van der Waals surface area contributed by atoms with E-state index in [4.69, 9.17) is 4.74 Å². The van der Waals surface area contributed by atoms with Crippen molar-refractivity contribution in [2.45, 2.75) is 31.9 Å². The number of ether oxygens (including phenoxy) is 1. The predicted octanol–water partition coefficient (Wildman–Crippen LogP) is 5.50. The number of likely N-dealkylation sites (tertiary alicyclic amines) is 1. The number of nitro groups is 1. The Morgan fingerprint density at radius 1 is 1.00 bits per heavy atom. The van der Waals surface area contributed by atoms with Crippen LogP contribution < -0.4 is 9.64 Å². The summed E-state index contributed by atoms with van der Waals surface area (Å²) in [4.78, 5) is 29.9. The Morgan fingerprint density at radius 2 is 1.67 bits per heavy atom. The van der Waals surface area contributed by atoms with Crippen LogP contribution in [0.2, 0.25) is 0 Å². The highest BCUT2D eigenvalue weighted by Gasteiger charge is 2.33. The van der Waals surface area contributed by atoms with Gasteiger partial charge in [-0.3, -0.25) is 14.9 Å². The number of anilines is 1. The summed E-state index contributed by atoms with van der Waals surface area (Å²) in [7, 11) is 0. The molecule has 2 aliphatic heterocycles. The standard InChI is InChI=1S/C29H30F4N6O4/c1-2-36-13-15-37(16-14-36)27-23(30)17-21(18-24(27)39(41)42)28(40)38-11-9-20(10-12-38)19-3-5-22(6-4-19)43-26-8-7-25(34-35-26)29(31,32)33/h3-8,17-18,20H,2,9-16H2,1H3. The van der Waals surface area contributed by atoms with Crippen LogP contribution in [0.15, 0.2) is 48.5 Å². The number of rotatable bonds is 7. The van der Waals surface area contributed by atoms with Crippen molar-refractivity contribution in [1.29, 1.82) is 0 Å². The SMILES string of the molecule is CCN1CCN(c2c(F)cc(C(=O)N3CCC(c4ccc(Oc5ccc(C(F)(F)F)nn5)cc4)CC3)cc2[N+](=O)[O-])CC1. The number of halogens is 4. The molecule has 2 aromatic carbocycles. The fraction of sp³-hybridized carbons (Fsp3) is 0.414. The van der Waals surface area contributed by atoms with Crippen LogP contribution in [0.3, 0.4) is 0 Å². The van der Waals surface area contributed by atoms with Crippen molar-refractivity contribution in [2.75, 3.05) is 50.7 Å². The van der Waals surface area contributed by atoms with Gasteiger partial charge in [-0.15, -0.1) is 10.2 Å². The minimum atomic E-state index is -4.59. The van der Waals surface area contributed by atoms with Gasteiger partial charge in [0.25, 0.3) is 11.6 Å². The van der Waals surface area contributed by atoms with E-state index < -0.39 is 34.2 Å². The zero-order valence-corrected chi connectivity index (χ0v) is 23.4. The maximum Gasteiger partial charge on any atom is 0.435 e. The normalized spacial score (nSPS) is 16.8. The summed E-state index contributed by atoms with van der Waals surface area (Å²) < 4.78 is 58.8. The Balaban J connectivity index is 1.20. The molecule has 3 aromatic rings. The number of hydrogen-bond donors (Lipinski definition) is 0. The third-order valence-corrected chi connectivity index (χ3v) is 7.91. The van der Waals surface area contributed by atoms with E-state index in [1.54, 1.807) is 21.9 Å². The number of piperazine rings is 1. The Labute approximate surface area is 245 Å². The summed E-state index contributed by atoms with van der Waals surface area (Å²) in [6.07, 6.45) is -3.34. The van der Waals surface area contributed by atoms with Gasteiger partial charge in [0.15, 0.2) is 17.2 Å². The van der Waals surface area contributed by atoms with Crippen molar-refractivity contribution in [3.63, 3.8) is 0 Å². The number of amides is 1. The van der Waals surface area contributed by atoms with Crippen molar-refractivity contribution in [1.82, 2.24) is 20.0 Å². The Morgan fingerprint density at radius 3 is 2.23 bits per heavy atom. The van der Waals surface area contributed by atoms with E-state index in [0.29, 0.717) is 57.9 Å². The van der Waals surface area contributed by atoms with Crippen LogP contribution in [0, 0.1) is 15.9 Å². The van der Waals surface area contributed by atoms with Gasteiger partial charge >= 0.3 is 6.18 Å². The van der Waals surface area contributed by atoms with Crippen LogP contribution in [0.4, 0.5) is 28.9 Å². The maximum atomic E-state index is 15.3. The first kappa shape index (κ1) is 30.1. The van der Waals surface area contributed by atoms with E-state index in [-0.39, 0.29) is 23.0 Å². The molecule has 0 N–H and O–H groups in total. The molecular weight excluding hydrogens is 572 g/mol. The second-order valence-corrected chi connectivity index (χ2v) is 10.5. The molecule has 1 amide bonds. The smallest absolute Gasteiger partial charge is 0.435 e. The maximum absolute atomic E-state index is 15.3. The molecule has 2 aliphatic rings. The molecule has 0 aliphatic carbocycles. The van der Waals surface area contributed by atoms with Gasteiger partial charge in [-0.1, -0.05) is 19.1 Å². The third kappa shape index (κ3) is 6.85. The molecule has 43 heavy (non-hydrogen) atoms. The topological polar surface area (TPSA) is 105 Å². The molecule has 1 aromatic heterocycles. The van der Waals surface area contributed by atoms with Crippen LogP contribution in [-0.4, -0.2) is 76.6 Å². The van der Waals surface area contributed by atoms with Crippen molar-refractivity contribution >= 4 is 17.3 Å². The van der Waals surface area contributed by atoms with Crippen LogP contribution in [0.1, 0.15) is 47.3 Å². The number of piperidine rings is 1. The minimum absolute atomic E-state index is 0.0496. The highest BCUT2D eigenvalue weighted by molar-refractivity contribution is 5.96. The largest absolute Gasteiger partial charge is 0.438 e. The summed E-state index contributed by atoms with van der Waals surface area (Å²) in [5.41, 5.74) is -0.651. The number of alkyl halides is 3. The van der Waals surface area contributed by atoms with Crippen LogP contribution in [-0.2, 0) is 6.18 Å². The molecule has 2 fully saturated rings. The molecule has 0 saturated carbocycles. The summed E-state index contributed by atoms with van der Waals surface area (Å²) in [5.74, 6) is -0.800. The van der Waals surface area contributed by atoms with E-state index in [1.165, 1.54) is 6.07 Å². The quantitative estimate of drug-likeness (QED) is 0.199. The Bertz CT molecular complexity index is 1450. The second kappa shape index (κ2) is 12.5. The minimum Gasteiger partial charge on any atom is -0.438 e. The van der Waals surface area contributed by atoms with Crippen molar-refractivity contribution in [2.24, 2.45) is 0 Å². The molecule has 0 spiro atoms. The van der Waals surface area contributed by atoms with Crippen LogP contribution in [0.25, 0.3) is 0 Å². The average molecular weight is 603 g/mol. The van der Waals surface area contributed by atoms with Gasteiger partial charge in [-0.2, -0.15) is 13.2 Å². The third-order valence-electron chi connectivity index (χ3n) is 7.91. The molecule has 0 radical (unpaired) electrons. The van der Waals surface area contributed by atoms with Gasteiger partial charge in [0.1, 0.15) is 5.75 Å². The van der Waals surface area contributed by atoms with E-state index in [1.807, 2.05) is 19.1 Å². The number of hydrogen-bond acceptors (Lipinski definition) is 8. The lowest BCUT2D eigenvalue weighted by Crippen LogP contribution is -2.46. The summed E-state index contributed by atoms with van der Waals surface area (Å²) in [6, 6.07) is 11.2. The summed E-state index contributed by atoms with van der Waals surface area (Å²) in [6.45, 7) is 5.92. The van der Waals surface area contributed by atoms with E-state index in [9.17, 15) is 28.1 Å². The first-order valence-electron chi connectivity index (χ1n) is 14.0. The number of benzene rings is 2. The van der Waals surface area contributed by atoms with E-state index in [0.717, 1.165) is 30.3 Å². The lowest BCUT2D eigenvalue weighted by atomic mass is 9.89. The van der Waals surface area contributed by atoms with Crippen molar-refractivity contribution in [3.05, 3.63) is 81.3 Å². The number of aromatic nitrogens is 2. The van der Waals surface area contributed by atoms with Gasteiger partial charge in [-0.05, 0) is 55.1 Å². The van der Waals surface area contributed by atoms with Crippen molar-refractivity contribution in [3.8, 4) is 11.6 Å². The van der Waals surface area contributed by atoms with Gasteiger partial charge in [0, 0.05) is 57.0 Å². The fourth-order valence-corrected chi connectivity index (χ4v) is 5.50. The monoisotopic (exact) mass is 602 g/mol. The molecule has 0 bridgehead atoms. The number of carbonyl (C=O) groups is 1. The molecule has 0 atom stereocenters. The fourth-order valence-electron chi connectivity index (χ4n) is 5.50. The zero-order chi connectivity index (χ0) is 30.7. The number of likely N-dealkylation sites (N-methyl/N-ethyl adjacent to an activating group) is 1. The molecule has 3 heterocycles. The predicted molar refractivity (Wildman–Crippen MR) is 149 cm³/mol. The molecule has 0 unspecified atom stereocenters. The lowest BCUT2D eigenvalue weighted by molar-refractivity contribution is -0.384. The number of carbonyl (C=O) groups excluding carboxylic acids is 1. The van der Waals surface area contributed by atoms with Gasteiger partial charge in [0.2, 0.25) is 5.88 Å².